The fourth-order valence-corrected chi connectivity index (χ4v) is 2.08. The lowest BCUT2D eigenvalue weighted by Crippen LogP contribution is -2.23. The van der Waals surface area contributed by atoms with Gasteiger partial charge in [0.1, 0.15) is 24.0 Å². The van der Waals surface area contributed by atoms with Crippen molar-refractivity contribution in [1.82, 2.24) is 9.55 Å². The summed E-state index contributed by atoms with van der Waals surface area (Å²) < 4.78 is 32.7. The molecule has 3 rings (SSSR count). The van der Waals surface area contributed by atoms with E-state index in [4.69, 9.17) is 4.74 Å². The molecule has 0 aliphatic carbocycles. The smallest absolute Gasteiger partial charge is 0.261 e. The molecule has 0 saturated carbocycles. The topological polar surface area (TPSA) is 44.1 Å². The van der Waals surface area contributed by atoms with Crippen molar-refractivity contribution in [3.8, 4) is 5.75 Å². The standard InChI is InChI=1S/C16H12F2N2O2/c17-11-1-4-13(5-2-11)22-8-7-20-10-19-15-9-12(18)3-6-14(15)16(20)21/h1-6,9-10H,7-8H2. The number of benzene rings is 2. The molecule has 0 unspecified atom stereocenters. The second kappa shape index (κ2) is 5.93. The minimum atomic E-state index is -0.434. The van der Waals surface area contributed by atoms with Gasteiger partial charge in [-0.25, -0.2) is 13.8 Å². The van der Waals surface area contributed by atoms with Crippen molar-refractivity contribution in [2.45, 2.75) is 6.54 Å². The van der Waals surface area contributed by atoms with Gasteiger partial charge in [-0.15, -0.1) is 0 Å². The molecule has 22 heavy (non-hydrogen) atoms. The first-order valence-corrected chi connectivity index (χ1v) is 6.66. The van der Waals surface area contributed by atoms with Gasteiger partial charge in [0.05, 0.1) is 23.8 Å². The van der Waals surface area contributed by atoms with Gasteiger partial charge in [-0.3, -0.25) is 9.36 Å². The van der Waals surface area contributed by atoms with Gasteiger partial charge in [0.15, 0.2) is 0 Å². The highest BCUT2D eigenvalue weighted by atomic mass is 19.1. The summed E-state index contributed by atoms with van der Waals surface area (Å²) in [6, 6.07) is 9.48. The normalized spacial score (nSPS) is 10.8. The van der Waals surface area contributed by atoms with E-state index in [0.29, 0.717) is 16.7 Å². The Morgan fingerprint density at radius 1 is 1.05 bits per heavy atom. The predicted molar refractivity (Wildman–Crippen MR) is 77.9 cm³/mol. The van der Waals surface area contributed by atoms with Crippen molar-refractivity contribution in [2.24, 2.45) is 0 Å². The Labute approximate surface area is 124 Å². The third-order valence-corrected chi connectivity index (χ3v) is 3.20. The minimum absolute atomic E-state index is 0.236. The second-order valence-corrected chi connectivity index (χ2v) is 4.71. The molecule has 0 aliphatic heterocycles. The number of hydrogen-bond acceptors (Lipinski definition) is 3. The van der Waals surface area contributed by atoms with Crippen molar-refractivity contribution in [3.05, 3.63) is 70.8 Å². The van der Waals surface area contributed by atoms with Crippen LogP contribution in [0.1, 0.15) is 0 Å². The quantitative estimate of drug-likeness (QED) is 0.744. The number of halogens is 2. The van der Waals surface area contributed by atoms with Crippen molar-refractivity contribution in [3.63, 3.8) is 0 Å². The molecule has 0 atom stereocenters. The Bertz CT molecular complexity index is 860. The monoisotopic (exact) mass is 302 g/mol. The van der Waals surface area contributed by atoms with E-state index in [1.54, 1.807) is 0 Å². The van der Waals surface area contributed by atoms with Crippen LogP contribution < -0.4 is 10.3 Å². The fourth-order valence-electron chi connectivity index (χ4n) is 2.08. The van der Waals surface area contributed by atoms with Gasteiger partial charge in [-0.05, 0) is 36.4 Å². The van der Waals surface area contributed by atoms with Crippen molar-refractivity contribution in [1.29, 1.82) is 0 Å². The van der Waals surface area contributed by atoms with Crippen LogP contribution in [0.2, 0.25) is 0 Å². The van der Waals surface area contributed by atoms with E-state index >= 15 is 0 Å². The Morgan fingerprint density at radius 2 is 1.77 bits per heavy atom. The third kappa shape index (κ3) is 2.95. The average molecular weight is 302 g/mol. The molecule has 2 aromatic carbocycles. The number of nitrogens with zero attached hydrogens (tertiary/aromatic N) is 2. The van der Waals surface area contributed by atoms with Crippen LogP contribution >= 0.6 is 0 Å². The van der Waals surface area contributed by atoms with Crippen LogP contribution in [-0.2, 0) is 6.54 Å². The maximum atomic E-state index is 13.1. The molecule has 0 bridgehead atoms. The van der Waals surface area contributed by atoms with Crippen molar-refractivity contribution in [2.75, 3.05) is 6.61 Å². The van der Waals surface area contributed by atoms with Crippen LogP contribution in [0.5, 0.6) is 5.75 Å². The molecule has 0 spiro atoms. The van der Waals surface area contributed by atoms with Crippen molar-refractivity contribution >= 4 is 10.9 Å². The van der Waals surface area contributed by atoms with Crippen LogP contribution in [0, 0.1) is 11.6 Å². The molecule has 1 aromatic heterocycles. The van der Waals surface area contributed by atoms with Crippen molar-refractivity contribution < 1.29 is 13.5 Å². The molecule has 112 valence electrons. The maximum Gasteiger partial charge on any atom is 0.261 e. The van der Waals surface area contributed by atoms with Gasteiger partial charge in [-0.1, -0.05) is 0 Å². The number of aromatic nitrogens is 2. The average Bonchev–Trinajstić information content (AvgIpc) is 2.51. The van der Waals surface area contributed by atoms with Gasteiger partial charge in [0, 0.05) is 6.07 Å². The summed E-state index contributed by atoms with van der Waals surface area (Å²) >= 11 is 0. The lowest BCUT2D eigenvalue weighted by Gasteiger charge is -2.08. The van der Waals surface area contributed by atoms with E-state index in [9.17, 15) is 13.6 Å². The highest BCUT2D eigenvalue weighted by Crippen LogP contribution is 2.11. The van der Waals surface area contributed by atoms with Gasteiger partial charge in [0.25, 0.3) is 5.56 Å². The lowest BCUT2D eigenvalue weighted by atomic mass is 10.2. The minimum Gasteiger partial charge on any atom is -0.492 e. The van der Waals surface area contributed by atoms with E-state index in [1.165, 1.54) is 53.4 Å². The first kappa shape index (κ1) is 14.2. The van der Waals surface area contributed by atoms with Crippen LogP contribution in [0.4, 0.5) is 8.78 Å². The molecule has 0 amide bonds. The van der Waals surface area contributed by atoms with Crippen LogP contribution in [0.3, 0.4) is 0 Å². The second-order valence-electron chi connectivity index (χ2n) is 4.71. The number of fused-ring (bicyclic) bond motifs is 1. The highest BCUT2D eigenvalue weighted by Gasteiger charge is 2.05. The van der Waals surface area contributed by atoms with E-state index in [1.807, 2.05) is 0 Å². The van der Waals surface area contributed by atoms with Gasteiger partial charge >= 0.3 is 0 Å². The zero-order valence-electron chi connectivity index (χ0n) is 11.5. The van der Waals surface area contributed by atoms with Gasteiger partial charge in [0.2, 0.25) is 0 Å². The zero-order chi connectivity index (χ0) is 15.5. The summed E-state index contributed by atoms with van der Waals surface area (Å²) in [4.78, 5) is 16.3. The van der Waals surface area contributed by atoms with E-state index in [-0.39, 0.29) is 24.5 Å². The third-order valence-electron chi connectivity index (χ3n) is 3.20. The Hall–Kier alpha value is -2.76. The summed E-state index contributed by atoms with van der Waals surface area (Å²) in [6.07, 6.45) is 1.36. The molecule has 0 N–H and O–H groups in total. The summed E-state index contributed by atoms with van der Waals surface area (Å²) in [7, 11) is 0. The summed E-state index contributed by atoms with van der Waals surface area (Å²) in [6.45, 7) is 0.524. The number of hydrogen-bond donors (Lipinski definition) is 0. The molecular formula is C16H12F2N2O2. The first-order valence-electron chi connectivity index (χ1n) is 6.66. The molecule has 0 radical (unpaired) electrons. The largest absolute Gasteiger partial charge is 0.492 e. The van der Waals surface area contributed by atoms with Crippen LogP contribution in [0.25, 0.3) is 10.9 Å². The van der Waals surface area contributed by atoms with E-state index in [0.717, 1.165) is 0 Å². The maximum absolute atomic E-state index is 13.1. The Balaban J connectivity index is 1.74. The number of rotatable bonds is 4. The zero-order valence-corrected chi connectivity index (χ0v) is 11.5. The summed E-state index contributed by atoms with van der Waals surface area (Å²) in [5, 5.41) is 0.352. The number of ether oxygens (including phenoxy) is 1. The molecule has 0 saturated heterocycles. The van der Waals surface area contributed by atoms with Crippen LogP contribution in [0.15, 0.2) is 53.6 Å². The Morgan fingerprint density at radius 3 is 2.55 bits per heavy atom. The van der Waals surface area contributed by atoms with Crippen LogP contribution in [-0.4, -0.2) is 16.2 Å². The SMILES string of the molecule is O=c1c2ccc(F)cc2ncn1CCOc1ccc(F)cc1. The summed E-state index contributed by atoms with van der Waals surface area (Å²) in [5.74, 6) is -0.253. The Kier molecular flexibility index (Phi) is 3.82. The lowest BCUT2D eigenvalue weighted by molar-refractivity contribution is 0.295. The van der Waals surface area contributed by atoms with Gasteiger partial charge in [-0.2, -0.15) is 0 Å². The predicted octanol–water partition coefficient (Wildman–Crippen LogP) is 2.75. The molecule has 1 heterocycles. The first-order chi connectivity index (χ1) is 10.6. The summed E-state index contributed by atoms with van der Waals surface area (Å²) in [5.41, 5.74) is 0.0633. The van der Waals surface area contributed by atoms with E-state index < -0.39 is 5.82 Å². The molecule has 6 heteroatoms. The van der Waals surface area contributed by atoms with Gasteiger partial charge < -0.3 is 4.74 Å². The molecule has 4 nitrogen and oxygen atoms in total. The van der Waals surface area contributed by atoms with E-state index in [2.05, 4.69) is 4.98 Å². The fraction of sp³-hybridized carbons (Fsp3) is 0.125. The molecule has 0 aliphatic rings. The highest BCUT2D eigenvalue weighted by molar-refractivity contribution is 5.77. The molecular weight excluding hydrogens is 290 g/mol. The molecule has 3 aromatic rings. The molecule has 0 fully saturated rings.